The Morgan fingerprint density at radius 2 is 1.69 bits per heavy atom. The molecule has 0 heterocycles. The minimum absolute atomic E-state index is 0.0562. The summed E-state index contributed by atoms with van der Waals surface area (Å²) in [6, 6.07) is 8.86. The predicted molar refractivity (Wildman–Crippen MR) is 110 cm³/mol. The molecule has 174 valence electrons. The van der Waals surface area contributed by atoms with Crippen molar-refractivity contribution in [3.63, 3.8) is 0 Å². The lowest BCUT2D eigenvalue weighted by Gasteiger charge is -2.12. The Kier molecular flexibility index (Phi) is 9.37. The molecule has 0 aliphatic carbocycles. The van der Waals surface area contributed by atoms with E-state index < -0.39 is 30.4 Å². The normalized spacial score (nSPS) is 11.1. The number of esters is 1. The molecule has 0 radical (unpaired) electrons. The van der Waals surface area contributed by atoms with Gasteiger partial charge in [-0.3, -0.25) is 0 Å². The minimum atomic E-state index is -4.48. The molecule has 0 saturated heterocycles. The SMILES string of the molecule is CCOC(=O)COc1ccc(SCC(COc2ccc(C(F)(F)F)cc2)=C(F)F)cc1C. The molecule has 0 atom stereocenters. The van der Waals surface area contributed by atoms with E-state index in [1.54, 1.807) is 32.0 Å². The van der Waals surface area contributed by atoms with Gasteiger partial charge >= 0.3 is 12.1 Å². The highest BCUT2D eigenvalue weighted by molar-refractivity contribution is 7.99. The van der Waals surface area contributed by atoms with Crippen molar-refractivity contribution in [2.75, 3.05) is 25.6 Å². The average Bonchev–Trinajstić information content (AvgIpc) is 2.72. The first-order chi connectivity index (χ1) is 15.1. The van der Waals surface area contributed by atoms with Crippen LogP contribution in [0.3, 0.4) is 0 Å². The van der Waals surface area contributed by atoms with Crippen LogP contribution in [0.2, 0.25) is 0 Å². The highest BCUT2D eigenvalue weighted by Crippen LogP contribution is 2.31. The maximum Gasteiger partial charge on any atom is 0.416 e. The van der Waals surface area contributed by atoms with E-state index in [0.717, 1.165) is 36.0 Å². The van der Waals surface area contributed by atoms with Crippen LogP contribution >= 0.6 is 11.8 Å². The molecule has 0 aliphatic heterocycles. The van der Waals surface area contributed by atoms with Gasteiger partial charge in [0.15, 0.2) is 6.61 Å². The van der Waals surface area contributed by atoms with Crippen LogP contribution in [0.4, 0.5) is 22.0 Å². The number of benzene rings is 2. The Bertz CT molecular complexity index is 938. The van der Waals surface area contributed by atoms with Crippen LogP contribution < -0.4 is 9.47 Å². The first-order valence-electron chi connectivity index (χ1n) is 9.45. The van der Waals surface area contributed by atoms with Gasteiger partial charge in [0.1, 0.15) is 18.1 Å². The van der Waals surface area contributed by atoms with Crippen molar-refractivity contribution < 1.29 is 41.0 Å². The van der Waals surface area contributed by atoms with E-state index in [0.29, 0.717) is 16.2 Å². The van der Waals surface area contributed by atoms with Crippen molar-refractivity contribution in [3.05, 3.63) is 65.2 Å². The summed E-state index contributed by atoms with van der Waals surface area (Å²) in [6.07, 6.45) is -6.39. The molecule has 10 heteroatoms. The molecule has 2 aromatic rings. The summed E-state index contributed by atoms with van der Waals surface area (Å²) in [6.45, 7) is 3.00. The fraction of sp³-hybridized carbons (Fsp3) is 0.318. The van der Waals surface area contributed by atoms with Crippen LogP contribution in [0.5, 0.6) is 11.5 Å². The highest BCUT2D eigenvalue weighted by Gasteiger charge is 2.30. The van der Waals surface area contributed by atoms with Gasteiger partial charge in [0.2, 0.25) is 0 Å². The van der Waals surface area contributed by atoms with Gasteiger partial charge in [-0.2, -0.15) is 22.0 Å². The van der Waals surface area contributed by atoms with Gasteiger partial charge in [0.25, 0.3) is 6.08 Å². The summed E-state index contributed by atoms with van der Waals surface area (Å²) < 4.78 is 79.7. The second kappa shape index (κ2) is 11.8. The van der Waals surface area contributed by atoms with Crippen LogP contribution in [-0.2, 0) is 15.7 Å². The van der Waals surface area contributed by atoms with E-state index in [4.69, 9.17) is 14.2 Å². The second-order valence-corrected chi connectivity index (χ2v) is 7.53. The largest absolute Gasteiger partial charge is 0.489 e. The highest BCUT2D eigenvalue weighted by atomic mass is 32.2. The molecule has 0 spiro atoms. The molecular formula is C22H21F5O4S. The fourth-order valence-electron chi connectivity index (χ4n) is 2.44. The summed E-state index contributed by atoms with van der Waals surface area (Å²) in [5, 5.41) is 0. The van der Waals surface area contributed by atoms with Crippen LogP contribution in [0.15, 0.2) is 59.0 Å². The van der Waals surface area contributed by atoms with Crippen molar-refractivity contribution >= 4 is 17.7 Å². The van der Waals surface area contributed by atoms with E-state index in [1.807, 2.05) is 0 Å². The van der Waals surface area contributed by atoms with Crippen molar-refractivity contribution in [2.45, 2.75) is 24.9 Å². The van der Waals surface area contributed by atoms with E-state index >= 15 is 0 Å². The molecule has 32 heavy (non-hydrogen) atoms. The lowest BCUT2D eigenvalue weighted by atomic mass is 10.2. The molecule has 0 bridgehead atoms. The molecular weight excluding hydrogens is 455 g/mol. The molecule has 0 N–H and O–H groups in total. The monoisotopic (exact) mass is 476 g/mol. The Morgan fingerprint density at radius 3 is 2.25 bits per heavy atom. The average molecular weight is 476 g/mol. The number of thioether (sulfide) groups is 1. The van der Waals surface area contributed by atoms with Crippen molar-refractivity contribution in [3.8, 4) is 11.5 Å². The van der Waals surface area contributed by atoms with Gasteiger partial charge < -0.3 is 14.2 Å². The van der Waals surface area contributed by atoms with Gasteiger partial charge in [0.05, 0.1) is 12.2 Å². The maximum atomic E-state index is 13.3. The number of carbonyl (C=O) groups excluding carboxylic acids is 1. The second-order valence-electron chi connectivity index (χ2n) is 6.48. The molecule has 2 aromatic carbocycles. The molecule has 0 saturated carbocycles. The quantitative estimate of drug-likeness (QED) is 0.230. The number of halogens is 5. The first kappa shape index (κ1) is 25.5. The maximum absolute atomic E-state index is 13.3. The van der Waals surface area contributed by atoms with E-state index in [-0.39, 0.29) is 30.3 Å². The number of hydrogen-bond acceptors (Lipinski definition) is 5. The summed E-state index contributed by atoms with van der Waals surface area (Å²) in [7, 11) is 0. The number of ether oxygens (including phenoxy) is 3. The van der Waals surface area contributed by atoms with Crippen molar-refractivity contribution in [2.24, 2.45) is 0 Å². The number of rotatable bonds is 10. The zero-order chi connectivity index (χ0) is 23.7. The Morgan fingerprint density at radius 1 is 1.00 bits per heavy atom. The third-order valence-corrected chi connectivity index (χ3v) is 5.15. The van der Waals surface area contributed by atoms with E-state index in [1.165, 1.54) is 0 Å². The minimum Gasteiger partial charge on any atom is -0.489 e. The molecule has 0 unspecified atom stereocenters. The lowest BCUT2D eigenvalue weighted by molar-refractivity contribution is -0.145. The Balaban J connectivity index is 1.92. The Hall–Kier alpha value is -2.75. The zero-order valence-electron chi connectivity index (χ0n) is 17.3. The van der Waals surface area contributed by atoms with Gasteiger partial charge in [0, 0.05) is 16.2 Å². The summed E-state index contributed by atoms with van der Waals surface area (Å²) >= 11 is 1.14. The summed E-state index contributed by atoms with van der Waals surface area (Å²) in [4.78, 5) is 12.1. The zero-order valence-corrected chi connectivity index (χ0v) is 18.1. The smallest absolute Gasteiger partial charge is 0.416 e. The predicted octanol–water partition coefficient (Wildman–Crippen LogP) is 6.28. The number of hydrogen-bond donors (Lipinski definition) is 0. The topological polar surface area (TPSA) is 44.8 Å². The van der Waals surface area contributed by atoms with Crippen molar-refractivity contribution in [1.29, 1.82) is 0 Å². The molecule has 4 nitrogen and oxygen atoms in total. The molecule has 0 fully saturated rings. The van der Waals surface area contributed by atoms with Crippen LogP contribution in [0.1, 0.15) is 18.1 Å². The van der Waals surface area contributed by atoms with Crippen LogP contribution in [-0.4, -0.2) is 31.5 Å². The van der Waals surface area contributed by atoms with Crippen LogP contribution in [0.25, 0.3) is 0 Å². The van der Waals surface area contributed by atoms with Crippen molar-refractivity contribution in [1.82, 2.24) is 0 Å². The number of alkyl halides is 3. The lowest BCUT2D eigenvalue weighted by Crippen LogP contribution is -2.14. The summed E-state index contributed by atoms with van der Waals surface area (Å²) in [5.41, 5.74) is -0.417. The Labute approximate surface area is 186 Å². The third-order valence-electron chi connectivity index (χ3n) is 4.07. The molecule has 2 rings (SSSR count). The molecule has 0 aromatic heterocycles. The third kappa shape index (κ3) is 8.07. The van der Waals surface area contributed by atoms with Gasteiger partial charge in [-0.05, 0) is 61.9 Å². The number of carbonyl (C=O) groups is 1. The molecule has 0 aliphatic rings. The first-order valence-corrected chi connectivity index (χ1v) is 10.4. The van der Waals surface area contributed by atoms with E-state index in [9.17, 15) is 26.7 Å². The summed E-state index contributed by atoms with van der Waals surface area (Å²) in [5.74, 6) is -0.0430. The molecule has 0 amide bonds. The van der Waals surface area contributed by atoms with Gasteiger partial charge in [-0.15, -0.1) is 11.8 Å². The van der Waals surface area contributed by atoms with Gasteiger partial charge in [-0.25, -0.2) is 4.79 Å². The fourth-order valence-corrected chi connectivity index (χ4v) is 3.40. The number of aryl methyl sites for hydroxylation is 1. The standard InChI is InChI=1S/C22H21F5O4S/c1-3-29-20(28)12-31-19-9-8-18(10-14(19)2)32-13-15(21(23)24)11-30-17-6-4-16(5-7-17)22(25,26)27/h4-10H,3,11-13H2,1-2H3. The van der Waals surface area contributed by atoms with Crippen LogP contribution in [0, 0.1) is 6.92 Å². The van der Waals surface area contributed by atoms with Gasteiger partial charge in [-0.1, -0.05) is 0 Å². The van der Waals surface area contributed by atoms with E-state index in [2.05, 4.69) is 0 Å².